The average molecular weight is 394 g/mol. The van der Waals surface area contributed by atoms with Crippen LogP contribution in [0.15, 0.2) is 41.3 Å². The van der Waals surface area contributed by atoms with E-state index in [0.29, 0.717) is 35.8 Å². The van der Waals surface area contributed by atoms with Crippen molar-refractivity contribution in [2.45, 2.75) is 32.2 Å². The molecule has 0 aliphatic carbocycles. The smallest absolute Gasteiger partial charge is 0.273 e. The molecule has 0 aliphatic rings. The lowest BCUT2D eigenvalue weighted by Crippen LogP contribution is -2.23. The van der Waals surface area contributed by atoms with Gasteiger partial charge in [0.05, 0.1) is 23.0 Å². The van der Waals surface area contributed by atoms with Gasteiger partial charge in [0.25, 0.3) is 5.69 Å². The summed E-state index contributed by atoms with van der Waals surface area (Å²) in [5, 5.41) is 11.0. The molecule has 0 saturated carbocycles. The molecule has 0 aromatic heterocycles. The first-order chi connectivity index (χ1) is 12.8. The molecule has 0 saturated heterocycles. The lowest BCUT2D eigenvalue weighted by atomic mass is 10.2. The van der Waals surface area contributed by atoms with E-state index in [0.717, 1.165) is 6.07 Å². The number of nitro benzene ring substituents is 1. The minimum atomic E-state index is -3.90. The highest BCUT2D eigenvalue weighted by atomic mass is 32.2. The average Bonchev–Trinajstić information content (AvgIpc) is 2.62. The maximum atomic E-state index is 12.5. The quantitative estimate of drug-likeness (QED) is 0.517. The van der Waals surface area contributed by atoms with Crippen LogP contribution in [0.1, 0.15) is 25.0 Å². The highest BCUT2D eigenvalue weighted by molar-refractivity contribution is 7.89. The molecule has 9 heteroatoms. The summed E-state index contributed by atoms with van der Waals surface area (Å²) in [7, 11) is -3.90. The number of nitrogens with one attached hydrogen (secondary N) is 1. The maximum Gasteiger partial charge on any atom is 0.273 e. The molecule has 0 bridgehead atoms. The van der Waals surface area contributed by atoms with Crippen LogP contribution in [0.2, 0.25) is 0 Å². The van der Waals surface area contributed by atoms with Crippen molar-refractivity contribution in [1.82, 2.24) is 4.72 Å². The number of hydrogen-bond acceptors (Lipinski definition) is 6. The van der Waals surface area contributed by atoms with Gasteiger partial charge in [0.2, 0.25) is 10.0 Å². The van der Waals surface area contributed by atoms with Gasteiger partial charge in [-0.25, -0.2) is 13.1 Å². The van der Waals surface area contributed by atoms with Crippen LogP contribution < -0.4 is 14.2 Å². The molecule has 2 aromatic rings. The predicted molar refractivity (Wildman–Crippen MR) is 101 cm³/mol. The first-order valence-electron chi connectivity index (χ1n) is 8.41. The van der Waals surface area contributed by atoms with Crippen LogP contribution in [0.3, 0.4) is 0 Å². The van der Waals surface area contributed by atoms with E-state index in [9.17, 15) is 18.5 Å². The number of nitro groups is 1. The topological polar surface area (TPSA) is 108 Å². The van der Waals surface area contributed by atoms with Gasteiger partial charge < -0.3 is 9.47 Å². The normalized spacial score (nSPS) is 11.2. The Kier molecular flexibility index (Phi) is 6.75. The van der Waals surface area contributed by atoms with E-state index in [4.69, 9.17) is 9.47 Å². The maximum absolute atomic E-state index is 12.5. The monoisotopic (exact) mass is 394 g/mol. The van der Waals surface area contributed by atoms with E-state index in [-0.39, 0.29) is 17.1 Å². The van der Waals surface area contributed by atoms with Crippen LogP contribution in [0.25, 0.3) is 0 Å². The molecular formula is C18H22N2O6S. The molecule has 1 N–H and O–H groups in total. The highest BCUT2D eigenvalue weighted by Gasteiger charge is 2.20. The summed E-state index contributed by atoms with van der Waals surface area (Å²) in [4.78, 5) is 10.3. The first-order valence-corrected chi connectivity index (χ1v) is 9.90. The minimum absolute atomic E-state index is 0.0104. The number of rotatable bonds is 9. The van der Waals surface area contributed by atoms with E-state index in [2.05, 4.69) is 4.72 Å². The fourth-order valence-electron chi connectivity index (χ4n) is 2.42. The van der Waals surface area contributed by atoms with Gasteiger partial charge in [-0.05, 0) is 44.5 Å². The lowest BCUT2D eigenvalue weighted by Gasteiger charge is -2.13. The van der Waals surface area contributed by atoms with Crippen molar-refractivity contribution in [3.8, 4) is 11.5 Å². The van der Waals surface area contributed by atoms with E-state index in [1.165, 1.54) is 12.1 Å². The van der Waals surface area contributed by atoms with Gasteiger partial charge >= 0.3 is 0 Å². The molecule has 27 heavy (non-hydrogen) atoms. The van der Waals surface area contributed by atoms with E-state index < -0.39 is 14.9 Å². The van der Waals surface area contributed by atoms with Crippen molar-refractivity contribution in [1.29, 1.82) is 0 Å². The minimum Gasteiger partial charge on any atom is -0.490 e. The fraction of sp³-hybridized carbons (Fsp3) is 0.333. The van der Waals surface area contributed by atoms with Crippen molar-refractivity contribution < 1.29 is 22.8 Å². The molecule has 0 spiro atoms. The van der Waals surface area contributed by atoms with Gasteiger partial charge in [0, 0.05) is 18.2 Å². The van der Waals surface area contributed by atoms with Crippen molar-refractivity contribution in [3.05, 3.63) is 57.6 Å². The summed E-state index contributed by atoms with van der Waals surface area (Å²) in [6.45, 7) is 6.20. The van der Waals surface area contributed by atoms with Gasteiger partial charge in [-0.1, -0.05) is 12.1 Å². The molecule has 0 atom stereocenters. The number of sulfonamides is 1. The number of hydrogen-bond donors (Lipinski definition) is 1. The summed E-state index contributed by atoms with van der Waals surface area (Å²) >= 11 is 0. The zero-order valence-corrected chi connectivity index (χ0v) is 16.2. The predicted octanol–water partition coefficient (Wildman–Crippen LogP) is 3.18. The van der Waals surface area contributed by atoms with Crippen molar-refractivity contribution in [2.75, 3.05) is 13.2 Å². The summed E-state index contributed by atoms with van der Waals surface area (Å²) in [6, 6.07) is 8.96. The summed E-state index contributed by atoms with van der Waals surface area (Å²) in [5.74, 6) is 1.11. The van der Waals surface area contributed by atoms with Crippen LogP contribution in [0.5, 0.6) is 11.5 Å². The second-order valence-electron chi connectivity index (χ2n) is 5.68. The van der Waals surface area contributed by atoms with Crippen molar-refractivity contribution in [3.63, 3.8) is 0 Å². The Morgan fingerprint density at radius 3 is 2.33 bits per heavy atom. The first kappa shape index (κ1) is 20.7. The Labute approximate surface area is 158 Å². The SMILES string of the molecule is CCOc1ccc(CNS(=O)(=O)c2ccc(C)c([N+](=O)[O-])c2)cc1OCC. The summed E-state index contributed by atoms with van der Waals surface area (Å²) in [5.41, 5.74) is 0.830. The molecule has 0 aliphatic heterocycles. The number of aryl methyl sites for hydroxylation is 1. The summed E-state index contributed by atoms with van der Waals surface area (Å²) in [6.07, 6.45) is 0. The molecule has 2 aromatic carbocycles. The van der Waals surface area contributed by atoms with Crippen LogP contribution >= 0.6 is 0 Å². The van der Waals surface area contributed by atoms with E-state index in [1.54, 1.807) is 25.1 Å². The third-order valence-electron chi connectivity index (χ3n) is 3.76. The molecule has 0 unspecified atom stereocenters. The molecule has 0 amide bonds. The van der Waals surface area contributed by atoms with Gasteiger partial charge in [-0.2, -0.15) is 0 Å². The fourth-order valence-corrected chi connectivity index (χ4v) is 3.46. The summed E-state index contributed by atoms with van der Waals surface area (Å²) < 4.78 is 38.4. The molecule has 2 rings (SSSR count). The number of ether oxygens (including phenoxy) is 2. The number of nitrogens with zero attached hydrogens (tertiary/aromatic N) is 1. The van der Waals surface area contributed by atoms with Gasteiger partial charge in [0.1, 0.15) is 0 Å². The Morgan fingerprint density at radius 1 is 1.04 bits per heavy atom. The highest BCUT2D eigenvalue weighted by Crippen LogP contribution is 2.29. The third kappa shape index (κ3) is 5.18. The molecule has 0 heterocycles. The van der Waals surface area contributed by atoms with E-state index >= 15 is 0 Å². The van der Waals surface area contributed by atoms with Crippen molar-refractivity contribution in [2.24, 2.45) is 0 Å². The van der Waals surface area contributed by atoms with Crippen molar-refractivity contribution >= 4 is 15.7 Å². The van der Waals surface area contributed by atoms with Crippen LogP contribution in [0, 0.1) is 17.0 Å². The van der Waals surface area contributed by atoms with E-state index in [1.807, 2.05) is 13.8 Å². The van der Waals surface area contributed by atoms with Crippen LogP contribution in [-0.4, -0.2) is 26.6 Å². The molecule has 8 nitrogen and oxygen atoms in total. The molecule has 146 valence electrons. The Hall–Kier alpha value is -2.65. The second kappa shape index (κ2) is 8.83. The third-order valence-corrected chi connectivity index (χ3v) is 5.16. The Balaban J connectivity index is 2.21. The largest absolute Gasteiger partial charge is 0.490 e. The van der Waals surface area contributed by atoms with Gasteiger partial charge in [-0.15, -0.1) is 0 Å². The zero-order valence-electron chi connectivity index (χ0n) is 15.4. The zero-order chi connectivity index (χ0) is 20.0. The lowest BCUT2D eigenvalue weighted by molar-refractivity contribution is -0.385. The molecular weight excluding hydrogens is 372 g/mol. The Bertz CT molecular complexity index is 927. The van der Waals surface area contributed by atoms with Crippen LogP contribution in [0.4, 0.5) is 5.69 Å². The molecule has 0 radical (unpaired) electrons. The van der Waals surface area contributed by atoms with Gasteiger partial charge in [0.15, 0.2) is 11.5 Å². The molecule has 0 fully saturated rings. The second-order valence-corrected chi connectivity index (χ2v) is 7.44. The Morgan fingerprint density at radius 2 is 1.70 bits per heavy atom. The number of benzene rings is 2. The van der Waals surface area contributed by atoms with Crippen LogP contribution in [-0.2, 0) is 16.6 Å². The standard InChI is InChI=1S/C18H22N2O6S/c1-4-25-17-9-7-14(10-18(17)26-5-2)12-19-27(23,24)15-8-6-13(3)16(11-15)20(21)22/h6-11,19H,4-5,12H2,1-3H3. The van der Waals surface area contributed by atoms with Gasteiger partial charge in [-0.3, -0.25) is 10.1 Å².